The molecule has 1 aromatic rings. The lowest BCUT2D eigenvalue weighted by atomic mass is 9.80. The van der Waals surface area contributed by atoms with Gasteiger partial charge >= 0.3 is 0 Å². The molecule has 2 fully saturated rings. The Morgan fingerprint density at radius 3 is 2.56 bits per heavy atom. The number of carbonyl (C=O) groups excluding carboxylic acids is 1. The molecular formula is C18H29N5O2. The summed E-state index contributed by atoms with van der Waals surface area (Å²) in [6, 6.07) is 0.606. The molecule has 7 nitrogen and oxygen atoms in total. The third-order valence-electron chi connectivity index (χ3n) is 5.62. The molecule has 2 aliphatic carbocycles. The van der Waals surface area contributed by atoms with Gasteiger partial charge in [-0.15, -0.1) is 0 Å². The first-order valence-electron chi connectivity index (χ1n) is 9.29. The van der Waals surface area contributed by atoms with Gasteiger partial charge in [0.2, 0.25) is 5.95 Å². The zero-order chi connectivity index (χ0) is 17.8. The maximum absolute atomic E-state index is 11.7. The van der Waals surface area contributed by atoms with E-state index in [4.69, 9.17) is 10.5 Å². The fraction of sp³-hybridized carbons (Fsp3) is 0.722. The summed E-state index contributed by atoms with van der Waals surface area (Å²) in [6.45, 7) is 2.13. The molecule has 25 heavy (non-hydrogen) atoms. The van der Waals surface area contributed by atoms with Gasteiger partial charge in [-0.25, -0.2) is 4.98 Å². The average Bonchev–Trinajstić information content (AvgIpc) is 2.54. The molecule has 0 radical (unpaired) electrons. The summed E-state index contributed by atoms with van der Waals surface area (Å²) in [5, 5.41) is 6.77. The van der Waals surface area contributed by atoms with Crippen LogP contribution >= 0.6 is 0 Å². The summed E-state index contributed by atoms with van der Waals surface area (Å²) in [7, 11) is 1.77. The molecule has 3 rings (SSSR count). The SMILES string of the molecule is CO[C@H]1CC[C@H](Nc2ncc(C(N)=O)c(N[C@@H](C)C3CCC3)n2)CC1. The number of primary amides is 1. The molecule has 2 saturated carbocycles. The van der Waals surface area contributed by atoms with E-state index in [0.29, 0.717) is 35.4 Å². The van der Waals surface area contributed by atoms with E-state index in [1.54, 1.807) is 7.11 Å². The van der Waals surface area contributed by atoms with Crippen molar-refractivity contribution in [3.8, 4) is 0 Å². The lowest BCUT2D eigenvalue weighted by Gasteiger charge is -2.32. The molecule has 0 unspecified atom stereocenters. The highest BCUT2D eigenvalue weighted by atomic mass is 16.5. The Hall–Kier alpha value is -1.89. The summed E-state index contributed by atoms with van der Waals surface area (Å²) in [6.07, 6.45) is 9.74. The number of amides is 1. The lowest BCUT2D eigenvalue weighted by molar-refractivity contribution is 0.0681. The third kappa shape index (κ3) is 4.39. The quantitative estimate of drug-likeness (QED) is 0.700. The second-order valence-electron chi connectivity index (χ2n) is 7.30. The largest absolute Gasteiger partial charge is 0.381 e. The van der Waals surface area contributed by atoms with Crippen molar-refractivity contribution in [3.05, 3.63) is 11.8 Å². The summed E-state index contributed by atoms with van der Waals surface area (Å²) >= 11 is 0. The van der Waals surface area contributed by atoms with Gasteiger partial charge in [0, 0.05) is 25.4 Å². The van der Waals surface area contributed by atoms with Gasteiger partial charge < -0.3 is 21.1 Å². The Balaban J connectivity index is 1.68. The zero-order valence-electron chi connectivity index (χ0n) is 15.1. The van der Waals surface area contributed by atoms with Crippen LogP contribution in [0.15, 0.2) is 6.20 Å². The molecule has 1 aromatic heterocycles. The van der Waals surface area contributed by atoms with E-state index in [0.717, 1.165) is 25.7 Å². The van der Waals surface area contributed by atoms with Gasteiger partial charge in [-0.3, -0.25) is 4.79 Å². The van der Waals surface area contributed by atoms with Crippen molar-refractivity contribution in [2.24, 2.45) is 11.7 Å². The molecule has 0 saturated heterocycles. The molecular weight excluding hydrogens is 318 g/mol. The average molecular weight is 347 g/mol. The number of aromatic nitrogens is 2. The number of nitrogens with one attached hydrogen (secondary N) is 2. The third-order valence-corrected chi connectivity index (χ3v) is 5.62. The van der Waals surface area contributed by atoms with Crippen molar-refractivity contribution in [3.63, 3.8) is 0 Å². The van der Waals surface area contributed by atoms with Crippen molar-refractivity contribution in [1.82, 2.24) is 9.97 Å². The Kier molecular flexibility index (Phi) is 5.73. The van der Waals surface area contributed by atoms with Crippen LogP contribution in [0.5, 0.6) is 0 Å². The first-order valence-corrected chi connectivity index (χ1v) is 9.29. The Morgan fingerprint density at radius 1 is 1.28 bits per heavy atom. The van der Waals surface area contributed by atoms with Crippen molar-refractivity contribution in [2.75, 3.05) is 17.7 Å². The summed E-state index contributed by atoms with van der Waals surface area (Å²) in [5.41, 5.74) is 5.83. The number of anilines is 2. The van der Waals surface area contributed by atoms with Crippen LogP contribution in [0.4, 0.5) is 11.8 Å². The van der Waals surface area contributed by atoms with Gasteiger partial charge in [0.15, 0.2) is 0 Å². The van der Waals surface area contributed by atoms with E-state index in [2.05, 4.69) is 27.5 Å². The van der Waals surface area contributed by atoms with E-state index in [1.807, 2.05) is 0 Å². The second-order valence-corrected chi connectivity index (χ2v) is 7.30. The van der Waals surface area contributed by atoms with E-state index >= 15 is 0 Å². The summed E-state index contributed by atoms with van der Waals surface area (Å²) < 4.78 is 5.41. The van der Waals surface area contributed by atoms with E-state index < -0.39 is 5.91 Å². The van der Waals surface area contributed by atoms with Crippen LogP contribution in [0.3, 0.4) is 0 Å². The number of nitrogens with two attached hydrogens (primary N) is 1. The molecule has 0 aromatic carbocycles. The molecule has 4 N–H and O–H groups in total. The number of nitrogens with zero attached hydrogens (tertiary/aromatic N) is 2. The topological polar surface area (TPSA) is 102 Å². The molecule has 7 heteroatoms. The van der Waals surface area contributed by atoms with Gasteiger partial charge in [0.25, 0.3) is 5.91 Å². The molecule has 1 heterocycles. The fourth-order valence-corrected chi connectivity index (χ4v) is 3.64. The molecule has 0 spiro atoms. The van der Waals surface area contributed by atoms with Crippen molar-refractivity contribution in [2.45, 2.75) is 70.1 Å². The van der Waals surface area contributed by atoms with Crippen LogP contribution < -0.4 is 16.4 Å². The molecule has 1 amide bonds. The minimum atomic E-state index is -0.504. The first kappa shape index (κ1) is 17.9. The molecule has 1 atom stereocenters. The highest BCUT2D eigenvalue weighted by molar-refractivity contribution is 5.97. The number of rotatable bonds is 7. The highest BCUT2D eigenvalue weighted by Crippen LogP contribution is 2.31. The first-order chi connectivity index (χ1) is 12.1. The molecule has 138 valence electrons. The van der Waals surface area contributed by atoms with Gasteiger partial charge in [0.1, 0.15) is 5.82 Å². The van der Waals surface area contributed by atoms with Gasteiger partial charge in [0.05, 0.1) is 11.7 Å². The van der Waals surface area contributed by atoms with Crippen LogP contribution in [0.1, 0.15) is 62.2 Å². The minimum Gasteiger partial charge on any atom is -0.381 e. The van der Waals surface area contributed by atoms with Crippen LogP contribution in [0.2, 0.25) is 0 Å². The van der Waals surface area contributed by atoms with Crippen molar-refractivity contribution in [1.29, 1.82) is 0 Å². The Morgan fingerprint density at radius 2 is 2.00 bits per heavy atom. The number of carbonyl (C=O) groups is 1. The summed E-state index contributed by atoms with van der Waals surface area (Å²) in [4.78, 5) is 20.5. The number of hydrogen-bond acceptors (Lipinski definition) is 6. The smallest absolute Gasteiger partial charge is 0.254 e. The highest BCUT2D eigenvalue weighted by Gasteiger charge is 2.26. The standard InChI is InChI=1S/C18H29N5O2/c1-11(12-4-3-5-12)21-17-15(16(19)24)10-20-18(23-17)22-13-6-8-14(25-2)9-7-13/h10-14H,3-9H2,1-2H3,(H2,19,24)(H2,20,21,22,23)/t11-,13-,14-/m0/s1. The molecule has 2 aliphatic rings. The predicted octanol–water partition coefficient (Wildman–Crippen LogP) is 2.55. The number of hydrogen-bond donors (Lipinski definition) is 3. The van der Waals surface area contributed by atoms with Gasteiger partial charge in [-0.1, -0.05) is 6.42 Å². The Labute approximate surface area is 149 Å². The molecule has 0 bridgehead atoms. The molecule has 0 aliphatic heterocycles. The van der Waals surface area contributed by atoms with Crippen molar-refractivity contribution < 1.29 is 9.53 Å². The zero-order valence-corrected chi connectivity index (χ0v) is 15.1. The van der Waals surface area contributed by atoms with Crippen LogP contribution in [0.25, 0.3) is 0 Å². The minimum absolute atomic E-state index is 0.270. The van der Waals surface area contributed by atoms with E-state index in [9.17, 15) is 4.79 Å². The van der Waals surface area contributed by atoms with Crippen LogP contribution in [0, 0.1) is 5.92 Å². The maximum atomic E-state index is 11.7. The normalized spacial score (nSPS) is 25.0. The van der Waals surface area contributed by atoms with Crippen LogP contribution in [-0.4, -0.2) is 41.2 Å². The van der Waals surface area contributed by atoms with E-state index in [-0.39, 0.29) is 6.04 Å². The van der Waals surface area contributed by atoms with Gasteiger partial charge in [-0.2, -0.15) is 4.98 Å². The predicted molar refractivity (Wildman–Crippen MR) is 97.7 cm³/mol. The van der Waals surface area contributed by atoms with Crippen molar-refractivity contribution >= 4 is 17.7 Å². The Bertz CT molecular complexity index is 597. The summed E-state index contributed by atoms with van der Waals surface area (Å²) in [5.74, 6) is 1.22. The van der Waals surface area contributed by atoms with Crippen LogP contribution in [-0.2, 0) is 4.74 Å². The van der Waals surface area contributed by atoms with E-state index in [1.165, 1.54) is 25.5 Å². The monoisotopic (exact) mass is 347 g/mol. The number of ether oxygens (including phenoxy) is 1. The van der Waals surface area contributed by atoms with Gasteiger partial charge in [-0.05, 0) is 51.4 Å². The lowest BCUT2D eigenvalue weighted by Crippen LogP contribution is -2.33. The number of methoxy groups -OCH3 is 1. The fourth-order valence-electron chi connectivity index (χ4n) is 3.64. The second kappa shape index (κ2) is 7.99. The maximum Gasteiger partial charge on any atom is 0.254 e.